The molecule has 1 aromatic rings. The van der Waals surface area contributed by atoms with E-state index in [9.17, 15) is 8.42 Å². The van der Waals surface area contributed by atoms with Gasteiger partial charge in [0.1, 0.15) is 0 Å². The summed E-state index contributed by atoms with van der Waals surface area (Å²) in [5.41, 5.74) is 5.95. The van der Waals surface area contributed by atoms with E-state index in [0.29, 0.717) is 12.2 Å². The number of likely N-dealkylation sites (N-methyl/N-ethyl adjacent to an activating group) is 1. The van der Waals surface area contributed by atoms with Crippen LogP contribution in [0.1, 0.15) is 13.8 Å². The fraction of sp³-hybridized carbons (Fsp3) is 0.538. The van der Waals surface area contributed by atoms with Gasteiger partial charge in [-0.2, -0.15) is 0 Å². The van der Waals surface area contributed by atoms with Crippen LogP contribution in [0.15, 0.2) is 23.1 Å². The predicted octanol–water partition coefficient (Wildman–Crippen LogP) is 1.79. The number of nitrogens with one attached hydrogen (secondary N) is 1. The van der Waals surface area contributed by atoms with Crippen molar-refractivity contribution in [1.29, 1.82) is 0 Å². The van der Waals surface area contributed by atoms with Gasteiger partial charge in [0.05, 0.1) is 15.6 Å². The molecule has 3 N–H and O–H groups in total. The Kier molecular flexibility index (Phi) is 5.82. The summed E-state index contributed by atoms with van der Waals surface area (Å²) in [5.74, 6) is 0.177. The highest BCUT2D eigenvalue weighted by atomic mass is 35.5. The molecule has 0 spiro atoms. The number of benzene rings is 1. The van der Waals surface area contributed by atoms with Crippen molar-refractivity contribution in [1.82, 2.24) is 9.62 Å². The summed E-state index contributed by atoms with van der Waals surface area (Å²) in [5, 5.41) is 0.238. The van der Waals surface area contributed by atoms with Crippen molar-refractivity contribution in [2.24, 2.45) is 5.92 Å². The molecule has 0 bridgehead atoms. The molecular weight excluding hydrogens is 298 g/mol. The van der Waals surface area contributed by atoms with E-state index in [4.69, 9.17) is 17.3 Å². The molecule has 0 radical (unpaired) electrons. The molecule has 0 saturated carbocycles. The normalized spacial score (nSPS) is 13.9. The third-order valence-corrected chi connectivity index (χ3v) is 4.77. The molecule has 7 heteroatoms. The summed E-state index contributed by atoms with van der Waals surface area (Å²) in [7, 11) is 0.207. The lowest BCUT2D eigenvalue weighted by molar-refractivity contribution is 0.314. The van der Waals surface area contributed by atoms with Crippen molar-refractivity contribution < 1.29 is 8.42 Å². The average Bonchev–Trinajstić information content (AvgIpc) is 2.30. The van der Waals surface area contributed by atoms with Crippen molar-refractivity contribution in [3.63, 3.8) is 0 Å². The minimum atomic E-state index is -3.61. The molecule has 0 heterocycles. The number of sulfonamides is 1. The molecule has 0 fully saturated rings. The van der Waals surface area contributed by atoms with Crippen LogP contribution >= 0.6 is 11.6 Å². The monoisotopic (exact) mass is 319 g/mol. The number of nitrogens with two attached hydrogens (primary N) is 1. The summed E-state index contributed by atoms with van der Waals surface area (Å²) >= 11 is 5.88. The number of hydrogen-bond acceptors (Lipinski definition) is 4. The Bertz CT molecular complexity index is 559. The Hall–Kier alpha value is -0.820. The molecule has 1 atom stereocenters. The van der Waals surface area contributed by atoms with Crippen LogP contribution in [-0.2, 0) is 10.0 Å². The van der Waals surface area contributed by atoms with Gasteiger partial charge in [-0.15, -0.1) is 0 Å². The zero-order valence-electron chi connectivity index (χ0n) is 12.2. The van der Waals surface area contributed by atoms with Crippen LogP contribution in [0, 0.1) is 5.92 Å². The minimum absolute atomic E-state index is 0.126. The van der Waals surface area contributed by atoms with E-state index in [-0.39, 0.29) is 21.9 Å². The Balaban J connectivity index is 3.00. The predicted molar refractivity (Wildman–Crippen MR) is 83.4 cm³/mol. The molecule has 0 aromatic heterocycles. The van der Waals surface area contributed by atoms with Gasteiger partial charge >= 0.3 is 0 Å². The first-order valence-electron chi connectivity index (χ1n) is 6.35. The first-order valence-corrected chi connectivity index (χ1v) is 8.21. The highest BCUT2D eigenvalue weighted by molar-refractivity contribution is 7.89. The molecule has 1 unspecified atom stereocenters. The minimum Gasteiger partial charge on any atom is -0.398 e. The lowest BCUT2D eigenvalue weighted by Crippen LogP contribution is -2.44. The van der Waals surface area contributed by atoms with Crippen molar-refractivity contribution in [2.75, 3.05) is 26.4 Å². The molecule has 1 aromatic carbocycles. The maximum absolute atomic E-state index is 12.4. The summed E-state index contributed by atoms with van der Waals surface area (Å²) in [6.07, 6.45) is 0. The standard InChI is InChI=1S/C13H22ClN3O2S/c1-9(2)13(8-17(3)4)16-20(18,19)10-5-6-12(15)11(14)7-10/h5-7,9,13,16H,8,15H2,1-4H3. The quantitative estimate of drug-likeness (QED) is 0.784. The SMILES string of the molecule is CC(C)C(CN(C)C)NS(=O)(=O)c1ccc(N)c(Cl)c1. The number of halogens is 1. The third kappa shape index (κ3) is 4.63. The molecule has 0 aliphatic heterocycles. The zero-order chi connectivity index (χ0) is 15.5. The average molecular weight is 320 g/mol. The van der Waals surface area contributed by atoms with Crippen LogP contribution in [-0.4, -0.2) is 40.0 Å². The van der Waals surface area contributed by atoms with E-state index < -0.39 is 10.0 Å². The maximum Gasteiger partial charge on any atom is 0.240 e. The number of nitrogens with zero attached hydrogens (tertiary/aromatic N) is 1. The van der Waals surface area contributed by atoms with E-state index in [0.717, 1.165) is 0 Å². The molecule has 114 valence electrons. The van der Waals surface area contributed by atoms with Gasteiger partial charge in [0.15, 0.2) is 0 Å². The fourth-order valence-electron chi connectivity index (χ4n) is 1.72. The van der Waals surface area contributed by atoms with Crippen molar-refractivity contribution in [3.05, 3.63) is 23.2 Å². The van der Waals surface area contributed by atoms with Crippen LogP contribution in [0.5, 0.6) is 0 Å². The van der Waals surface area contributed by atoms with Gasteiger partial charge in [0.2, 0.25) is 10.0 Å². The highest BCUT2D eigenvalue weighted by Gasteiger charge is 2.23. The third-order valence-electron chi connectivity index (χ3n) is 2.96. The van der Waals surface area contributed by atoms with Gasteiger partial charge in [0.25, 0.3) is 0 Å². The van der Waals surface area contributed by atoms with Crippen LogP contribution in [0.3, 0.4) is 0 Å². The molecule has 0 saturated heterocycles. The van der Waals surface area contributed by atoms with Gasteiger partial charge in [-0.05, 0) is 38.2 Å². The van der Waals surface area contributed by atoms with E-state index >= 15 is 0 Å². The molecule has 1 rings (SSSR count). The smallest absolute Gasteiger partial charge is 0.240 e. The molecule has 0 aliphatic rings. The van der Waals surface area contributed by atoms with Crippen LogP contribution in [0.25, 0.3) is 0 Å². The second kappa shape index (κ2) is 6.76. The second-order valence-electron chi connectivity index (χ2n) is 5.42. The lowest BCUT2D eigenvalue weighted by atomic mass is 10.1. The summed E-state index contributed by atoms with van der Waals surface area (Å²) < 4.78 is 27.4. The topological polar surface area (TPSA) is 75.4 Å². The number of anilines is 1. The van der Waals surface area contributed by atoms with E-state index in [1.807, 2.05) is 32.8 Å². The van der Waals surface area contributed by atoms with E-state index in [1.54, 1.807) is 0 Å². The van der Waals surface area contributed by atoms with Gasteiger partial charge in [0, 0.05) is 12.6 Å². The molecule has 0 amide bonds. The Morgan fingerprint density at radius 2 is 1.95 bits per heavy atom. The second-order valence-corrected chi connectivity index (χ2v) is 7.54. The molecule has 20 heavy (non-hydrogen) atoms. The van der Waals surface area contributed by atoms with Crippen molar-refractivity contribution in [3.8, 4) is 0 Å². The van der Waals surface area contributed by atoms with Gasteiger partial charge in [-0.25, -0.2) is 13.1 Å². The molecule has 0 aliphatic carbocycles. The van der Waals surface area contributed by atoms with E-state index in [2.05, 4.69) is 4.72 Å². The first kappa shape index (κ1) is 17.2. The Morgan fingerprint density at radius 1 is 1.35 bits per heavy atom. The molecule has 5 nitrogen and oxygen atoms in total. The zero-order valence-corrected chi connectivity index (χ0v) is 13.8. The largest absolute Gasteiger partial charge is 0.398 e. The first-order chi connectivity index (χ1) is 9.13. The van der Waals surface area contributed by atoms with Gasteiger partial charge in [-0.1, -0.05) is 25.4 Å². The van der Waals surface area contributed by atoms with Crippen LogP contribution < -0.4 is 10.5 Å². The van der Waals surface area contributed by atoms with Gasteiger partial charge < -0.3 is 10.6 Å². The van der Waals surface area contributed by atoms with Crippen LogP contribution in [0.4, 0.5) is 5.69 Å². The van der Waals surface area contributed by atoms with E-state index in [1.165, 1.54) is 18.2 Å². The number of hydrogen-bond donors (Lipinski definition) is 2. The van der Waals surface area contributed by atoms with Crippen molar-refractivity contribution in [2.45, 2.75) is 24.8 Å². The summed E-state index contributed by atoms with van der Waals surface area (Å²) in [6.45, 7) is 4.58. The number of rotatable bonds is 6. The number of nitrogen functional groups attached to an aromatic ring is 1. The molecular formula is C13H22ClN3O2S. The fourth-order valence-corrected chi connectivity index (χ4v) is 3.37. The van der Waals surface area contributed by atoms with Crippen molar-refractivity contribution >= 4 is 27.3 Å². The Morgan fingerprint density at radius 3 is 2.40 bits per heavy atom. The maximum atomic E-state index is 12.4. The summed E-state index contributed by atoms with van der Waals surface area (Å²) in [4.78, 5) is 2.07. The summed E-state index contributed by atoms with van der Waals surface area (Å²) in [6, 6.07) is 4.14. The van der Waals surface area contributed by atoms with Crippen LogP contribution in [0.2, 0.25) is 5.02 Å². The lowest BCUT2D eigenvalue weighted by Gasteiger charge is -2.25. The van der Waals surface area contributed by atoms with Gasteiger partial charge in [-0.3, -0.25) is 0 Å². The Labute approximate surface area is 126 Å². The highest BCUT2D eigenvalue weighted by Crippen LogP contribution is 2.22.